The van der Waals surface area contributed by atoms with Crippen molar-refractivity contribution < 1.29 is 28.1 Å². The van der Waals surface area contributed by atoms with E-state index in [-0.39, 0.29) is 18.3 Å². The summed E-state index contributed by atoms with van der Waals surface area (Å²) in [6.07, 6.45) is 4.16. The number of aryl methyl sites for hydroxylation is 3. The Morgan fingerprint density at radius 2 is 1.76 bits per heavy atom. The highest BCUT2D eigenvalue weighted by atomic mass is 32.2. The summed E-state index contributed by atoms with van der Waals surface area (Å²) in [5.41, 5.74) is 3.78. The standard InChI is InChI=1S/C28H34N6O6S/c1-17-9-21(13-29-10-17)28-33-32-24(34(28)25-19(3)7-6-8-23(25)39-5)16-41(37,38)20(4)26(40-15-22(36)14-35)27-30-11-18(2)12-31-27/h6-13,20,22,26,35-36H,14-16H2,1-5H3/t20-,22+,26+/m0/s1. The Kier molecular flexibility index (Phi) is 9.43. The molecule has 0 fully saturated rings. The molecule has 3 heterocycles. The number of benzene rings is 1. The molecule has 0 bridgehead atoms. The third-order valence-electron chi connectivity index (χ3n) is 6.56. The number of aliphatic hydroxyl groups excluding tert-OH is 2. The summed E-state index contributed by atoms with van der Waals surface area (Å²) in [4.78, 5) is 12.8. The van der Waals surface area contributed by atoms with Crippen molar-refractivity contribution in [1.82, 2.24) is 29.7 Å². The molecule has 0 saturated carbocycles. The predicted octanol–water partition coefficient (Wildman–Crippen LogP) is 2.47. The SMILES string of the molecule is COc1cccc(C)c1-n1c(CS(=O)(=O)[C@@H](C)[C@@H](OC[C@H](O)CO)c2ncc(C)cn2)nnc1-c1cncc(C)c1. The van der Waals surface area contributed by atoms with Crippen LogP contribution in [-0.2, 0) is 20.3 Å². The van der Waals surface area contributed by atoms with Crippen LogP contribution in [0.1, 0.15) is 41.4 Å². The van der Waals surface area contributed by atoms with Gasteiger partial charge in [-0.1, -0.05) is 12.1 Å². The van der Waals surface area contributed by atoms with Crippen molar-refractivity contribution >= 4 is 9.84 Å². The summed E-state index contributed by atoms with van der Waals surface area (Å²) in [7, 11) is -2.45. The molecular formula is C28H34N6O6S. The maximum atomic E-state index is 13.9. The highest BCUT2D eigenvalue weighted by Gasteiger charge is 2.36. The average molecular weight is 583 g/mol. The van der Waals surface area contributed by atoms with E-state index in [1.165, 1.54) is 6.92 Å². The summed E-state index contributed by atoms with van der Waals surface area (Å²) < 4.78 is 41.0. The molecule has 0 amide bonds. The fourth-order valence-electron chi connectivity index (χ4n) is 4.33. The first-order valence-corrected chi connectivity index (χ1v) is 14.7. The lowest BCUT2D eigenvalue weighted by Gasteiger charge is -2.24. The molecule has 0 saturated heterocycles. The Bertz CT molecular complexity index is 1590. The van der Waals surface area contributed by atoms with Crippen LogP contribution in [0.4, 0.5) is 0 Å². The van der Waals surface area contributed by atoms with E-state index in [4.69, 9.17) is 9.47 Å². The van der Waals surface area contributed by atoms with E-state index in [1.54, 1.807) is 42.5 Å². The number of rotatable bonds is 12. The van der Waals surface area contributed by atoms with Crippen molar-refractivity contribution in [2.75, 3.05) is 20.3 Å². The summed E-state index contributed by atoms with van der Waals surface area (Å²) in [6.45, 7) is 6.25. The average Bonchev–Trinajstić information content (AvgIpc) is 3.35. The zero-order chi connectivity index (χ0) is 29.7. The molecule has 4 aromatic rings. The number of sulfone groups is 1. The number of pyridine rings is 1. The molecule has 12 nitrogen and oxygen atoms in total. The molecule has 4 rings (SSSR count). The van der Waals surface area contributed by atoms with Gasteiger partial charge in [0.25, 0.3) is 0 Å². The maximum Gasteiger partial charge on any atom is 0.170 e. The van der Waals surface area contributed by atoms with Gasteiger partial charge in [0, 0.05) is 30.4 Å². The third kappa shape index (κ3) is 6.76. The number of ether oxygens (including phenoxy) is 2. The van der Waals surface area contributed by atoms with E-state index in [1.807, 2.05) is 39.0 Å². The molecule has 41 heavy (non-hydrogen) atoms. The van der Waals surface area contributed by atoms with Crippen LogP contribution >= 0.6 is 0 Å². The number of para-hydroxylation sites is 1. The molecule has 0 aliphatic rings. The van der Waals surface area contributed by atoms with Gasteiger partial charge in [-0.05, 0) is 56.5 Å². The van der Waals surface area contributed by atoms with Crippen molar-refractivity contribution in [1.29, 1.82) is 0 Å². The van der Waals surface area contributed by atoms with Crippen LogP contribution in [0.5, 0.6) is 5.75 Å². The van der Waals surface area contributed by atoms with Crippen LogP contribution in [0.3, 0.4) is 0 Å². The molecule has 0 radical (unpaired) electrons. The van der Waals surface area contributed by atoms with E-state index in [9.17, 15) is 18.6 Å². The minimum atomic E-state index is -3.99. The molecule has 0 aliphatic carbocycles. The van der Waals surface area contributed by atoms with Crippen molar-refractivity contribution in [2.24, 2.45) is 0 Å². The zero-order valence-electron chi connectivity index (χ0n) is 23.6. The number of nitrogens with zero attached hydrogens (tertiary/aromatic N) is 6. The topological polar surface area (TPSA) is 162 Å². The van der Waals surface area contributed by atoms with Gasteiger partial charge in [-0.25, -0.2) is 18.4 Å². The van der Waals surface area contributed by atoms with E-state index < -0.39 is 39.7 Å². The van der Waals surface area contributed by atoms with Crippen LogP contribution in [0.25, 0.3) is 17.1 Å². The number of hydrogen-bond acceptors (Lipinski definition) is 11. The first-order chi connectivity index (χ1) is 19.6. The lowest BCUT2D eigenvalue weighted by atomic mass is 10.1. The molecule has 0 spiro atoms. The molecule has 2 N–H and O–H groups in total. The molecule has 3 atom stereocenters. The fourth-order valence-corrected chi connectivity index (χ4v) is 5.72. The summed E-state index contributed by atoms with van der Waals surface area (Å²) in [5.74, 6) is 0.745. The Hall–Kier alpha value is -3.78. The van der Waals surface area contributed by atoms with Crippen LogP contribution in [0.2, 0.25) is 0 Å². The smallest absolute Gasteiger partial charge is 0.170 e. The highest BCUT2D eigenvalue weighted by molar-refractivity contribution is 7.91. The van der Waals surface area contributed by atoms with Crippen molar-refractivity contribution in [3.05, 3.63) is 77.4 Å². The van der Waals surface area contributed by atoms with E-state index in [2.05, 4.69) is 25.1 Å². The van der Waals surface area contributed by atoms with Gasteiger partial charge in [-0.3, -0.25) is 9.55 Å². The van der Waals surface area contributed by atoms with Gasteiger partial charge in [0.15, 0.2) is 27.3 Å². The second kappa shape index (κ2) is 12.8. The second-order valence-corrected chi connectivity index (χ2v) is 12.2. The van der Waals surface area contributed by atoms with Gasteiger partial charge in [0.05, 0.1) is 31.3 Å². The molecular weight excluding hydrogens is 548 g/mol. The van der Waals surface area contributed by atoms with Gasteiger partial charge >= 0.3 is 0 Å². The summed E-state index contributed by atoms with van der Waals surface area (Å²) >= 11 is 0. The molecule has 1 aromatic carbocycles. The monoisotopic (exact) mass is 582 g/mol. The summed E-state index contributed by atoms with van der Waals surface area (Å²) in [5, 5.41) is 26.7. The van der Waals surface area contributed by atoms with E-state index >= 15 is 0 Å². The van der Waals surface area contributed by atoms with Crippen LogP contribution in [-0.4, -0.2) is 80.0 Å². The number of aliphatic hydroxyl groups is 2. The minimum absolute atomic E-state index is 0.144. The van der Waals surface area contributed by atoms with Gasteiger partial charge in [-0.15, -0.1) is 10.2 Å². The van der Waals surface area contributed by atoms with Crippen LogP contribution in [0.15, 0.2) is 49.1 Å². The van der Waals surface area contributed by atoms with Crippen molar-refractivity contribution in [3.8, 4) is 22.8 Å². The van der Waals surface area contributed by atoms with E-state index in [0.29, 0.717) is 22.8 Å². The largest absolute Gasteiger partial charge is 0.495 e. The summed E-state index contributed by atoms with van der Waals surface area (Å²) in [6, 6.07) is 7.41. The third-order valence-corrected chi connectivity index (χ3v) is 8.61. The highest BCUT2D eigenvalue weighted by Crippen LogP contribution is 2.33. The molecule has 0 aliphatic heterocycles. The quantitative estimate of drug-likeness (QED) is 0.252. The maximum absolute atomic E-state index is 13.9. The first-order valence-electron chi connectivity index (χ1n) is 13.0. The Balaban J connectivity index is 1.80. The predicted molar refractivity (Wildman–Crippen MR) is 151 cm³/mol. The number of methoxy groups -OCH3 is 1. The van der Waals surface area contributed by atoms with Crippen molar-refractivity contribution in [3.63, 3.8) is 0 Å². The minimum Gasteiger partial charge on any atom is -0.495 e. The van der Waals surface area contributed by atoms with Gasteiger partial charge < -0.3 is 19.7 Å². The lowest BCUT2D eigenvalue weighted by Crippen LogP contribution is -2.33. The number of aromatic nitrogens is 6. The molecule has 0 unspecified atom stereocenters. The normalized spacial score (nSPS) is 14.0. The number of hydrogen-bond donors (Lipinski definition) is 2. The Morgan fingerprint density at radius 3 is 2.41 bits per heavy atom. The first kappa shape index (κ1) is 30.2. The van der Waals surface area contributed by atoms with Crippen molar-refractivity contribution in [2.45, 2.75) is 50.9 Å². The lowest BCUT2D eigenvalue weighted by molar-refractivity contribution is -0.0324. The molecule has 13 heteroatoms. The molecule has 218 valence electrons. The van der Waals surface area contributed by atoms with E-state index in [0.717, 1.165) is 16.7 Å². The Morgan fingerprint density at radius 1 is 1.02 bits per heavy atom. The van der Waals surface area contributed by atoms with Gasteiger partial charge in [0.2, 0.25) is 0 Å². The van der Waals surface area contributed by atoms with Gasteiger partial charge in [0.1, 0.15) is 23.7 Å². The fraction of sp³-hybridized carbons (Fsp3) is 0.393. The molecule has 3 aromatic heterocycles. The second-order valence-electron chi connectivity index (χ2n) is 9.87. The zero-order valence-corrected chi connectivity index (χ0v) is 24.4. The Labute approximate surface area is 239 Å². The van der Waals surface area contributed by atoms with Crippen LogP contribution < -0.4 is 4.74 Å². The van der Waals surface area contributed by atoms with Crippen LogP contribution in [0, 0.1) is 20.8 Å². The van der Waals surface area contributed by atoms with Gasteiger partial charge in [-0.2, -0.15) is 0 Å².